The second-order valence-corrected chi connectivity index (χ2v) is 4.12. The van der Waals surface area contributed by atoms with Crippen LogP contribution in [0.5, 0.6) is 0 Å². The van der Waals surface area contributed by atoms with E-state index >= 15 is 0 Å². The molecule has 0 spiro atoms. The Balaban J connectivity index is 2.24. The molecule has 3 nitrogen and oxygen atoms in total. The Morgan fingerprint density at radius 3 is 2.21 bits per heavy atom. The van der Waals surface area contributed by atoms with Crippen LogP contribution in [0, 0.1) is 17.5 Å². The third-order valence-electron chi connectivity index (χ3n) is 2.29. The molecule has 1 aromatic carbocycles. The monoisotopic (exact) mass is 283 g/mol. The smallest absolute Gasteiger partial charge is 0.194 e. The van der Waals surface area contributed by atoms with Gasteiger partial charge in [-0.15, -0.1) is 0 Å². The fourth-order valence-electron chi connectivity index (χ4n) is 1.41. The molecule has 19 heavy (non-hydrogen) atoms. The number of hydrogen-bond donors (Lipinski definition) is 2. The zero-order valence-corrected chi connectivity index (χ0v) is 10.3. The molecule has 0 atom stereocenters. The summed E-state index contributed by atoms with van der Waals surface area (Å²) in [6.45, 7) is 0. The lowest BCUT2D eigenvalue weighted by molar-refractivity contribution is 0.448. The molecule has 1 heterocycles. The molecule has 0 aliphatic carbocycles. The summed E-state index contributed by atoms with van der Waals surface area (Å²) >= 11 is 4.74. The van der Waals surface area contributed by atoms with Gasteiger partial charge in [0.1, 0.15) is 4.99 Å². The highest BCUT2D eigenvalue weighted by molar-refractivity contribution is 7.80. The zero-order valence-electron chi connectivity index (χ0n) is 9.45. The predicted molar refractivity (Wildman–Crippen MR) is 69.7 cm³/mol. The van der Waals surface area contributed by atoms with E-state index < -0.39 is 17.5 Å². The normalized spacial score (nSPS) is 10.3. The summed E-state index contributed by atoms with van der Waals surface area (Å²) in [6.07, 6.45) is 1.40. The van der Waals surface area contributed by atoms with Crippen molar-refractivity contribution in [2.24, 2.45) is 5.73 Å². The second kappa shape index (κ2) is 5.23. The topological polar surface area (TPSA) is 50.9 Å². The minimum atomic E-state index is -1.51. The van der Waals surface area contributed by atoms with E-state index in [1.54, 1.807) is 12.1 Å². The minimum Gasteiger partial charge on any atom is -0.388 e. The van der Waals surface area contributed by atoms with Gasteiger partial charge < -0.3 is 11.1 Å². The summed E-state index contributed by atoms with van der Waals surface area (Å²) in [5.74, 6) is -4.04. The lowest BCUT2D eigenvalue weighted by Crippen LogP contribution is -2.11. The van der Waals surface area contributed by atoms with Crippen molar-refractivity contribution in [2.75, 3.05) is 5.32 Å². The number of nitrogens with two attached hydrogens (primary N) is 1. The molecule has 0 radical (unpaired) electrons. The Kier molecular flexibility index (Phi) is 3.66. The van der Waals surface area contributed by atoms with E-state index in [0.717, 1.165) is 12.1 Å². The largest absolute Gasteiger partial charge is 0.388 e. The fourth-order valence-corrected chi connectivity index (χ4v) is 1.53. The highest BCUT2D eigenvalue weighted by Crippen LogP contribution is 2.21. The summed E-state index contributed by atoms with van der Waals surface area (Å²) in [6, 6.07) is 4.83. The maximum Gasteiger partial charge on any atom is 0.194 e. The Morgan fingerprint density at radius 2 is 1.74 bits per heavy atom. The van der Waals surface area contributed by atoms with Crippen LogP contribution in [-0.4, -0.2) is 9.97 Å². The van der Waals surface area contributed by atoms with Crippen molar-refractivity contribution < 1.29 is 13.2 Å². The van der Waals surface area contributed by atoms with Crippen LogP contribution in [-0.2, 0) is 0 Å². The van der Waals surface area contributed by atoms with E-state index in [0.29, 0.717) is 11.4 Å². The average molecular weight is 283 g/mol. The Hall–Kier alpha value is -2.15. The first-order valence-corrected chi connectivity index (χ1v) is 5.55. The molecule has 0 amide bonds. The summed E-state index contributed by atoms with van der Waals surface area (Å²) in [7, 11) is 0. The molecule has 98 valence electrons. The summed E-state index contributed by atoms with van der Waals surface area (Å²) in [5, 5.41) is 2.69. The van der Waals surface area contributed by atoms with Gasteiger partial charge in [-0.05, 0) is 12.1 Å². The minimum absolute atomic E-state index is 0.0706. The highest BCUT2D eigenvalue weighted by Gasteiger charge is 2.10. The van der Waals surface area contributed by atoms with Crippen molar-refractivity contribution >= 4 is 28.6 Å². The van der Waals surface area contributed by atoms with Crippen LogP contribution < -0.4 is 11.1 Å². The molecular weight excluding hydrogens is 275 g/mol. The van der Waals surface area contributed by atoms with Crippen LogP contribution in [0.3, 0.4) is 0 Å². The molecule has 0 bridgehead atoms. The fraction of sp³-hybridized carbons (Fsp3) is 0. The first-order chi connectivity index (χ1) is 8.97. The molecule has 0 fully saturated rings. The van der Waals surface area contributed by atoms with Gasteiger partial charge in [0.25, 0.3) is 0 Å². The van der Waals surface area contributed by atoms with E-state index in [1.807, 2.05) is 0 Å². The van der Waals surface area contributed by atoms with E-state index in [1.165, 1.54) is 6.20 Å². The van der Waals surface area contributed by atoms with Gasteiger partial charge in [0.15, 0.2) is 17.5 Å². The Labute approximate surface area is 112 Å². The van der Waals surface area contributed by atoms with Crippen LogP contribution in [0.1, 0.15) is 5.69 Å². The number of hydrogen-bond acceptors (Lipinski definition) is 3. The number of aromatic nitrogens is 1. The molecule has 3 N–H and O–H groups in total. The zero-order chi connectivity index (χ0) is 14.0. The van der Waals surface area contributed by atoms with E-state index in [4.69, 9.17) is 18.0 Å². The van der Waals surface area contributed by atoms with Crippen molar-refractivity contribution in [3.63, 3.8) is 0 Å². The van der Waals surface area contributed by atoms with Crippen LogP contribution in [0.25, 0.3) is 0 Å². The van der Waals surface area contributed by atoms with Gasteiger partial charge in [-0.25, -0.2) is 13.2 Å². The lowest BCUT2D eigenvalue weighted by Gasteiger charge is -2.07. The number of nitrogens with one attached hydrogen (secondary N) is 1. The lowest BCUT2D eigenvalue weighted by atomic mass is 10.2. The van der Waals surface area contributed by atoms with Crippen LogP contribution in [0.15, 0.2) is 30.5 Å². The van der Waals surface area contributed by atoms with Crippen molar-refractivity contribution in [2.45, 2.75) is 0 Å². The van der Waals surface area contributed by atoms with E-state index in [-0.39, 0.29) is 10.7 Å². The Morgan fingerprint density at radius 1 is 1.11 bits per heavy atom. The molecule has 2 rings (SSSR count). The van der Waals surface area contributed by atoms with Crippen LogP contribution in [0.2, 0.25) is 0 Å². The molecule has 1 aromatic heterocycles. The molecule has 0 saturated heterocycles. The van der Waals surface area contributed by atoms with Crippen LogP contribution in [0.4, 0.5) is 24.5 Å². The molecule has 7 heteroatoms. The summed E-state index contributed by atoms with van der Waals surface area (Å²) in [5.41, 5.74) is 6.34. The van der Waals surface area contributed by atoms with Gasteiger partial charge in [0, 0.05) is 17.8 Å². The maximum atomic E-state index is 13.0. The molecular formula is C12H8F3N3S. The molecule has 2 aromatic rings. The van der Waals surface area contributed by atoms with Crippen molar-refractivity contribution in [1.82, 2.24) is 4.98 Å². The van der Waals surface area contributed by atoms with Gasteiger partial charge in [-0.3, -0.25) is 4.98 Å². The number of anilines is 2. The predicted octanol–water partition coefficient (Wildman–Crippen LogP) is 2.88. The van der Waals surface area contributed by atoms with Gasteiger partial charge in [-0.1, -0.05) is 12.2 Å². The number of pyridine rings is 1. The number of thiocarbonyl (C=S) groups is 1. The number of rotatable bonds is 3. The first kappa shape index (κ1) is 13.3. The standard InChI is InChI=1S/C12H8F3N3S/c13-8-3-7(4-9(14)11(8)15)18-6-1-2-10(12(16)19)17-5-6/h1-5,18H,(H2,16,19). The third kappa shape index (κ3) is 3.00. The molecule has 0 unspecified atom stereocenters. The highest BCUT2D eigenvalue weighted by atomic mass is 32.1. The van der Waals surface area contributed by atoms with Gasteiger partial charge in [0.2, 0.25) is 0 Å². The van der Waals surface area contributed by atoms with Gasteiger partial charge >= 0.3 is 0 Å². The summed E-state index contributed by atoms with van der Waals surface area (Å²) in [4.78, 5) is 4.09. The van der Waals surface area contributed by atoms with Gasteiger partial charge in [-0.2, -0.15) is 0 Å². The maximum absolute atomic E-state index is 13.0. The number of benzene rings is 1. The molecule has 0 aliphatic rings. The number of halogens is 3. The van der Waals surface area contributed by atoms with Crippen LogP contribution >= 0.6 is 12.2 Å². The van der Waals surface area contributed by atoms with Crippen molar-refractivity contribution in [3.8, 4) is 0 Å². The van der Waals surface area contributed by atoms with Gasteiger partial charge in [0.05, 0.1) is 17.6 Å². The SMILES string of the molecule is NC(=S)c1ccc(Nc2cc(F)c(F)c(F)c2)cn1. The third-order valence-corrected chi connectivity index (χ3v) is 2.50. The van der Waals surface area contributed by atoms with Crippen molar-refractivity contribution in [3.05, 3.63) is 53.6 Å². The number of nitrogens with zero attached hydrogens (tertiary/aromatic N) is 1. The molecule has 0 aliphatic heterocycles. The second-order valence-electron chi connectivity index (χ2n) is 3.68. The average Bonchev–Trinajstić information content (AvgIpc) is 2.36. The van der Waals surface area contributed by atoms with E-state index in [2.05, 4.69) is 10.3 Å². The summed E-state index contributed by atoms with van der Waals surface area (Å²) < 4.78 is 38.8. The quantitative estimate of drug-likeness (QED) is 0.672. The van der Waals surface area contributed by atoms with Crippen molar-refractivity contribution in [1.29, 1.82) is 0 Å². The first-order valence-electron chi connectivity index (χ1n) is 5.15. The molecule has 0 saturated carbocycles. The van der Waals surface area contributed by atoms with E-state index in [9.17, 15) is 13.2 Å². The Bertz CT molecular complexity index is 606.